The summed E-state index contributed by atoms with van der Waals surface area (Å²) in [6.45, 7) is 5.96. The van der Waals surface area contributed by atoms with Crippen molar-refractivity contribution >= 4 is 11.9 Å². The van der Waals surface area contributed by atoms with Crippen LogP contribution in [0.5, 0.6) is 0 Å². The highest BCUT2D eigenvalue weighted by atomic mass is 16.4. The summed E-state index contributed by atoms with van der Waals surface area (Å²) in [5.41, 5.74) is 0.221. The second-order valence-corrected chi connectivity index (χ2v) is 3.69. The maximum Gasteiger partial charge on any atom is 0.334 e. The number of aliphatic hydroxyl groups is 2. The summed E-state index contributed by atoms with van der Waals surface area (Å²) < 4.78 is 0. The molecular weight excluding hydrogens is 214 g/mol. The fraction of sp³-hybridized carbons (Fsp3) is 0.600. The zero-order valence-electron chi connectivity index (χ0n) is 9.38. The van der Waals surface area contributed by atoms with E-state index in [1.54, 1.807) is 0 Å². The zero-order valence-corrected chi connectivity index (χ0v) is 9.38. The van der Waals surface area contributed by atoms with E-state index in [2.05, 4.69) is 6.58 Å². The summed E-state index contributed by atoms with van der Waals surface area (Å²) in [6, 6.07) is 0. The van der Waals surface area contributed by atoms with Crippen molar-refractivity contribution in [1.29, 1.82) is 0 Å². The molecule has 2 atom stereocenters. The minimum absolute atomic E-state index is 0.0456. The number of hydrogen-bond donors (Lipinski definition) is 3. The summed E-state index contributed by atoms with van der Waals surface area (Å²) in [6.07, 6.45) is -2.47. The highest BCUT2D eigenvalue weighted by molar-refractivity contribution is 5.92. The Kier molecular flexibility index (Phi) is 5.69. The summed E-state index contributed by atoms with van der Waals surface area (Å²) in [5.74, 6) is -1.90. The monoisotopic (exact) mass is 231 g/mol. The van der Waals surface area contributed by atoms with E-state index < -0.39 is 24.1 Å². The van der Waals surface area contributed by atoms with Gasteiger partial charge in [-0.2, -0.15) is 0 Å². The van der Waals surface area contributed by atoms with Gasteiger partial charge in [0, 0.05) is 12.1 Å². The first kappa shape index (κ1) is 14.6. The lowest BCUT2D eigenvalue weighted by Crippen LogP contribution is -2.44. The number of amides is 1. The lowest BCUT2D eigenvalue weighted by atomic mass is 10.2. The van der Waals surface area contributed by atoms with Gasteiger partial charge >= 0.3 is 5.97 Å². The molecule has 0 fully saturated rings. The minimum Gasteiger partial charge on any atom is -0.479 e. The average molecular weight is 231 g/mol. The molecule has 0 saturated carbocycles. The molecule has 0 heterocycles. The highest BCUT2D eigenvalue weighted by Gasteiger charge is 2.23. The standard InChI is InChI=1S/C10H17NO5/c1-6(2)9(14)11(4-7(3)12)5-8(13)10(15)16/h7-8,12-13H,1,4-5H2,2-3H3,(H,15,16). The lowest BCUT2D eigenvalue weighted by molar-refractivity contribution is -0.149. The van der Waals surface area contributed by atoms with Crippen LogP contribution in [0.1, 0.15) is 13.8 Å². The molecule has 0 aliphatic heterocycles. The van der Waals surface area contributed by atoms with E-state index in [1.165, 1.54) is 13.8 Å². The number of hydrogen-bond acceptors (Lipinski definition) is 4. The first-order valence-corrected chi connectivity index (χ1v) is 4.79. The van der Waals surface area contributed by atoms with E-state index in [4.69, 9.17) is 15.3 Å². The maximum absolute atomic E-state index is 11.5. The smallest absolute Gasteiger partial charge is 0.334 e. The SMILES string of the molecule is C=C(C)C(=O)N(CC(C)O)CC(O)C(=O)O. The van der Waals surface area contributed by atoms with Crippen molar-refractivity contribution in [1.82, 2.24) is 4.90 Å². The maximum atomic E-state index is 11.5. The van der Waals surface area contributed by atoms with Crippen molar-refractivity contribution in [3.63, 3.8) is 0 Å². The predicted octanol–water partition coefficient (Wildman–Crippen LogP) is -0.783. The van der Waals surface area contributed by atoms with Crippen molar-refractivity contribution in [2.75, 3.05) is 13.1 Å². The second-order valence-electron chi connectivity index (χ2n) is 3.69. The molecule has 6 heteroatoms. The Morgan fingerprint density at radius 1 is 1.31 bits per heavy atom. The van der Waals surface area contributed by atoms with Gasteiger partial charge < -0.3 is 20.2 Å². The molecule has 6 nitrogen and oxygen atoms in total. The molecule has 16 heavy (non-hydrogen) atoms. The van der Waals surface area contributed by atoms with Crippen LogP contribution in [0.4, 0.5) is 0 Å². The molecule has 2 unspecified atom stereocenters. The molecule has 3 N–H and O–H groups in total. The molecular formula is C10H17NO5. The normalized spacial score (nSPS) is 14.0. The van der Waals surface area contributed by atoms with Gasteiger partial charge in [-0.3, -0.25) is 4.79 Å². The van der Waals surface area contributed by atoms with E-state index in [0.29, 0.717) is 0 Å². The van der Waals surface area contributed by atoms with Gasteiger partial charge in [0.05, 0.1) is 12.6 Å². The molecule has 92 valence electrons. The molecule has 0 aromatic heterocycles. The number of carbonyl (C=O) groups is 2. The van der Waals surface area contributed by atoms with Crippen LogP contribution >= 0.6 is 0 Å². The first-order valence-electron chi connectivity index (χ1n) is 4.79. The fourth-order valence-corrected chi connectivity index (χ4v) is 1.12. The number of rotatable bonds is 6. The van der Waals surface area contributed by atoms with Gasteiger partial charge in [0.25, 0.3) is 0 Å². The third-order valence-corrected chi connectivity index (χ3v) is 1.82. The van der Waals surface area contributed by atoms with E-state index >= 15 is 0 Å². The molecule has 0 aromatic rings. The quantitative estimate of drug-likeness (QED) is 0.521. The van der Waals surface area contributed by atoms with Crippen molar-refractivity contribution in [2.24, 2.45) is 0 Å². The fourth-order valence-electron chi connectivity index (χ4n) is 1.12. The predicted molar refractivity (Wildman–Crippen MR) is 56.7 cm³/mol. The molecule has 0 bridgehead atoms. The van der Waals surface area contributed by atoms with Crippen molar-refractivity contribution in [3.05, 3.63) is 12.2 Å². The van der Waals surface area contributed by atoms with Gasteiger partial charge in [0.2, 0.25) is 5.91 Å². The first-order chi connectivity index (χ1) is 7.25. The van der Waals surface area contributed by atoms with E-state index in [-0.39, 0.29) is 18.7 Å². The molecule has 0 aromatic carbocycles. The zero-order chi connectivity index (χ0) is 12.9. The molecule has 0 aliphatic carbocycles. The molecule has 0 aliphatic rings. The minimum atomic E-state index is -1.66. The van der Waals surface area contributed by atoms with Crippen molar-refractivity contribution in [3.8, 4) is 0 Å². The number of carboxylic acid groups (broad SMARTS) is 1. The third kappa shape index (κ3) is 4.90. The van der Waals surface area contributed by atoms with Crippen LogP contribution in [-0.4, -0.2) is 57.4 Å². The summed E-state index contributed by atoms with van der Waals surface area (Å²) >= 11 is 0. The summed E-state index contributed by atoms with van der Waals surface area (Å²) in [4.78, 5) is 23.0. The Morgan fingerprint density at radius 3 is 2.12 bits per heavy atom. The Labute approximate surface area is 93.8 Å². The number of aliphatic carboxylic acids is 1. The van der Waals surface area contributed by atoms with E-state index in [1.807, 2.05) is 0 Å². The van der Waals surface area contributed by atoms with Gasteiger partial charge in [-0.1, -0.05) is 6.58 Å². The number of nitrogens with zero attached hydrogens (tertiary/aromatic N) is 1. The van der Waals surface area contributed by atoms with Crippen LogP contribution < -0.4 is 0 Å². The summed E-state index contributed by atoms with van der Waals surface area (Å²) in [7, 11) is 0. The van der Waals surface area contributed by atoms with Crippen LogP contribution in [0.25, 0.3) is 0 Å². The van der Waals surface area contributed by atoms with Gasteiger partial charge in [-0.05, 0) is 13.8 Å². The molecule has 0 radical (unpaired) electrons. The topological polar surface area (TPSA) is 98.1 Å². The van der Waals surface area contributed by atoms with Crippen LogP contribution in [0, 0.1) is 0 Å². The van der Waals surface area contributed by atoms with Gasteiger partial charge in [-0.15, -0.1) is 0 Å². The van der Waals surface area contributed by atoms with Gasteiger partial charge in [0.1, 0.15) is 0 Å². The van der Waals surface area contributed by atoms with Crippen LogP contribution in [0.3, 0.4) is 0 Å². The Morgan fingerprint density at radius 2 is 1.81 bits per heavy atom. The summed E-state index contributed by atoms with van der Waals surface area (Å²) in [5, 5.41) is 26.8. The largest absolute Gasteiger partial charge is 0.479 e. The van der Waals surface area contributed by atoms with E-state index in [0.717, 1.165) is 4.90 Å². The van der Waals surface area contributed by atoms with Crippen molar-refractivity contribution in [2.45, 2.75) is 26.1 Å². The van der Waals surface area contributed by atoms with Crippen LogP contribution in [0.2, 0.25) is 0 Å². The third-order valence-electron chi connectivity index (χ3n) is 1.82. The number of aliphatic hydroxyl groups excluding tert-OH is 2. The van der Waals surface area contributed by atoms with Crippen LogP contribution in [-0.2, 0) is 9.59 Å². The highest BCUT2D eigenvalue weighted by Crippen LogP contribution is 2.02. The molecule has 0 spiro atoms. The Hall–Kier alpha value is -1.40. The van der Waals surface area contributed by atoms with Crippen LogP contribution in [0.15, 0.2) is 12.2 Å². The van der Waals surface area contributed by atoms with Crippen molar-refractivity contribution < 1.29 is 24.9 Å². The average Bonchev–Trinajstić information content (AvgIpc) is 2.14. The van der Waals surface area contributed by atoms with Gasteiger partial charge in [-0.25, -0.2) is 4.79 Å². The Balaban J connectivity index is 4.61. The molecule has 1 amide bonds. The number of carboxylic acids is 1. The number of carbonyl (C=O) groups excluding carboxylic acids is 1. The van der Waals surface area contributed by atoms with E-state index in [9.17, 15) is 9.59 Å². The molecule has 0 saturated heterocycles. The second kappa shape index (κ2) is 6.24. The molecule has 0 rings (SSSR count). The van der Waals surface area contributed by atoms with Gasteiger partial charge in [0.15, 0.2) is 6.10 Å². The lowest BCUT2D eigenvalue weighted by Gasteiger charge is -2.25. The Bertz CT molecular complexity index is 287.